The van der Waals surface area contributed by atoms with Crippen LogP contribution >= 0.6 is 0 Å². The lowest BCUT2D eigenvalue weighted by Crippen LogP contribution is -2.52. The second-order valence-electron chi connectivity index (χ2n) is 10.4. The van der Waals surface area contributed by atoms with E-state index < -0.39 is 0 Å². The Kier molecular flexibility index (Phi) is 5.94. The van der Waals surface area contributed by atoms with Crippen molar-refractivity contribution in [1.29, 1.82) is 0 Å². The summed E-state index contributed by atoms with van der Waals surface area (Å²) in [5.74, 6) is 2.21. The first kappa shape index (κ1) is 20.8. The quantitative estimate of drug-likeness (QED) is 0.754. The largest absolute Gasteiger partial charge is 0.487 e. The van der Waals surface area contributed by atoms with Crippen LogP contribution in [0.15, 0.2) is 24.3 Å². The molecule has 1 N–H and O–H groups in total. The van der Waals surface area contributed by atoms with Gasteiger partial charge in [0.15, 0.2) is 0 Å². The number of hydrogen-bond donors (Lipinski definition) is 1. The van der Waals surface area contributed by atoms with Crippen molar-refractivity contribution in [3.05, 3.63) is 29.8 Å². The van der Waals surface area contributed by atoms with E-state index >= 15 is 0 Å². The van der Waals surface area contributed by atoms with Crippen molar-refractivity contribution in [2.24, 2.45) is 5.92 Å². The van der Waals surface area contributed by atoms with Crippen LogP contribution in [0, 0.1) is 5.92 Å². The second-order valence-corrected chi connectivity index (χ2v) is 10.4. The fourth-order valence-corrected chi connectivity index (χ4v) is 6.05. The first-order valence-electron chi connectivity index (χ1n) is 12.5. The van der Waals surface area contributed by atoms with E-state index in [4.69, 9.17) is 4.74 Å². The van der Waals surface area contributed by atoms with E-state index in [-0.39, 0.29) is 17.4 Å². The minimum Gasteiger partial charge on any atom is -0.487 e. The van der Waals surface area contributed by atoms with Gasteiger partial charge in [-0.25, -0.2) is 0 Å². The molecule has 5 nitrogen and oxygen atoms in total. The van der Waals surface area contributed by atoms with E-state index in [2.05, 4.69) is 16.3 Å². The monoisotopic (exact) mass is 424 g/mol. The molecule has 2 aliphatic carbocycles. The number of hydrogen-bond acceptors (Lipinski definition) is 3. The van der Waals surface area contributed by atoms with E-state index in [0.29, 0.717) is 24.3 Å². The van der Waals surface area contributed by atoms with E-state index in [1.807, 2.05) is 18.2 Å². The minimum atomic E-state index is -0.250. The van der Waals surface area contributed by atoms with Gasteiger partial charge in [-0.05, 0) is 56.1 Å². The van der Waals surface area contributed by atoms with Crippen LogP contribution in [0.1, 0.15) is 88.5 Å². The number of nitrogens with zero attached hydrogens (tertiary/aromatic N) is 1. The summed E-state index contributed by atoms with van der Waals surface area (Å²) < 4.78 is 6.58. The van der Waals surface area contributed by atoms with Crippen molar-refractivity contribution >= 4 is 11.8 Å². The van der Waals surface area contributed by atoms with Gasteiger partial charge in [0.25, 0.3) is 0 Å². The van der Waals surface area contributed by atoms with Crippen molar-refractivity contribution in [2.75, 3.05) is 13.1 Å². The number of amides is 2. The molecule has 3 fully saturated rings. The Bertz CT molecular complexity index is 805. The summed E-state index contributed by atoms with van der Waals surface area (Å²) in [6.45, 7) is 1.55. The zero-order valence-electron chi connectivity index (χ0n) is 18.6. The summed E-state index contributed by atoms with van der Waals surface area (Å²) in [5, 5.41) is 3.21. The molecule has 4 aliphatic rings. The number of likely N-dealkylation sites (tertiary alicyclic amines) is 1. The molecular formula is C26H36N2O3. The maximum Gasteiger partial charge on any atom is 0.222 e. The van der Waals surface area contributed by atoms with Crippen molar-refractivity contribution in [3.63, 3.8) is 0 Å². The molecule has 2 amide bonds. The third-order valence-corrected chi connectivity index (χ3v) is 8.17. The topological polar surface area (TPSA) is 58.6 Å². The van der Waals surface area contributed by atoms with E-state index in [0.717, 1.165) is 62.9 Å². The van der Waals surface area contributed by atoms with Crippen molar-refractivity contribution in [2.45, 2.75) is 94.6 Å². The smallest absolute Gasteiger partial charge is 0.222 e. The van der Waals surface area contributed by atoms with Gasteiger partial charge in [0, 0.05) is 50.7 Å². The first-order valence-corrected chi connectivity index (χ1v) is 12.5. The maximum absolute atomic E-state index is 12.8. The third-order valence-electron chi connectivity index (χ3n) is 8.17. The standard InChI is InChI=1S/C26H36N2O3/c29-24(27-21-8-5-9-21)17-20-18-26(31-23-11-4-3-10-22(20)23)12-14-28(15-13-26)25(30)16-19-6-1-2-7-19/h3-4,10-11,19-21H,1-2,5-9,12-18H2,(H,27,29). The lowest BCUT2D eigenvalue weighted by atomic mass is 9.76. The highest BCUT2D eigenvalue weighted by molar-refractivity contribution is 5.78. The van der Waals surface area contributed by atoms with Gasteiger partial charge in [-0.2, -0.15) is 0 Å². The van der Waals surface area contributed by atoms with E-state index in [9.17, 15) is 9.59 Å². The van der Waals surface area contributed by atoms with E-state index in [1.165, 1.54) is 32.1 Å². The molecular weight excluding hydrogens is 388 g/mol. The average Bonchev–Trinajstić information content (AvgIpc) is 3.24. The Morgan fingerprint density at radius 2 is 1.74 bits per heavy atom. The Hall–Kier alpha value is -2.04. The molecule has 1 unspecified atom stereocenters. The molecule has 0 bridgehead atoms. The summed E-state index contributed by atoms with van der Waals surface area (Å²) in [5.41, 5.74) is 0.913. The summed E-state index contributed by atoms with van der Waals surface area (Å²) in [7, 11) is 0. The molecule has 2 saturated carbocycles. The Labute approximate surface area is 185 Å². The number of piperidine rings is 1. The summed E-state index contributed by atoms with van der Waals surface area (Å²) >= 11 is 0. The van der Waals surface area contributed by atoms with Crippen LogP contribution < -0.4 is 10.1 Å². The summed E-state index contributed by atoms with van der Waals surface area (Å²) in [6.07, 6.45) is 12.3. The molecule has 2 aliphatic heterocycles. The fourth-order valence-electron chi connectivity index (χ4n) is 6.05. The number of rotatable bonds is 5. The molecule has 0 radical (unpaired) electrons. The lowest BCUT2D eigenvalue weighted by Gasteiger charge is -2.47. The number of para-hydroxylation sites is 1. The molecule has 5 heteroatoms. The van der Waals surface area contributed by atoms with Gasteiger partial charge in [-0.1, -0.05) is 31.0 Å². The fraction of sp³-hybridized carbons (Fsp3) is 0.692. The zero-order chi connectivity index (χ0) is 21.3. The molecule has 1 aromatic rings. The molecule has 0 aromatic heterocycles. The molecule has 1 aromatic carbocycles. The van der Waals surface area contributed by atoms with Crippen molar-refractivity contribution < 1.29 is 14.3 Å². The summed E-state index contributed by atoms with van der Waals surface area (Å²) in [4.78, 5) is 27.6. The maximum atomic E-state index is 12.8. The highest BCUT2D eigenvalue weighted by atomic mass is 16.5. The SMILES string of the molecule is O=C(CC1CC2(CCN(C(=O)CC3CCCC3)CC2)Oc2ccccc21)NC1CCC1. The number of benzene rings is 1. The van der Waals surface area contributed by atoms with Crippen LogP contribution in [-0.2, 0) is 9.59 Å². The van der Waals surface area contributed by atoms with Crippen LogP contribution in [0.2, 0.25) is 0 Å². The summed E-state index contributed by atoms with van der Waals surface area (Å²) in [6, 6.07) is 8.60. The van der Waals surface area contributed by atoms with Crippen LogP contribution in [0.25, 0.3) is 0 Å². The lowest BCUT2D eigenvalue weighted by molar-refractivity contribution is -0.136. The van der Waals surface area contributed by atoms with Crippen LogP contribution in [0.4, 0.5) is 0 Å². The number of carbonyl (C=O) groups is 2. The van der Waals surface area contributed by atoms with Crippen molar-refractivity contribution in [1.82, 2.24) is 10.2 Å². The van der Waals surface area contributed by atoms with Gasteiger partial charge < -0.3 is 15.0 Å². The minimum absolute atomic E-state index is 0.172. The molecule has 168 valence electrons. The molecule has 1 atom stereocenters. The number of carbonyl (C=O) groups excluding carboxylic acids is 2. The number of fused-ring (bicyclic) bond motifs is 1. The van der Waals surface area contributed by atoms with Crippen LogP contribution in [-0.4, -0.2) is 41.4 Å². The second kappa shape index (κ2) is 8.84. The molecule has 2 heterocycles. The highest BCUT2D eigenvalue weighted by Gasteiger charge is 2.44. The van der Waals surface area contributed by atoms with Gasteiger partial charge >= 0.3 is 0 Å². The molecule has 1 spiro atoms. The molecule has 5 rings (SSSR count). The highest BCUT2D eigenvalue weighted by Crippen LogP contribution is 2.46. The van der Waals surface area contributed by atoms with Gasteiger partial charge in [0.2, 0.25) is 11.8 Å². The zero-order valence-corrected chi connectivity index (χ0v) is 18.6. The average molecular weight is 425 g/mol. The van der Waals surface area contributed by atoms with Crippen LogP contribution in [0.5, 0.6) is 5.75 Å². The molecule has 1 saturated heterocycles. The Morgan fingerprint density at radius 1 is 1.00 bits per heavy atom. The Balaban J connectivity index is 1.23. The van der Waals surface area contributed by atoms with Gasteiger partial charge in [0.1, 0.15) is 11.4 Å². The molecule has 31 heavy (non-hydrogen) atoms. The van der Waals surface area contributed by atoms with E-state index in [1.54, 1.807) is 0 Å². The van der Waals surface area contributed by atoms with Crippen molar-refractivity contribution in [3.8, 4) is 5.75 Å². The van der Waals surface area contributed by atoms with Crippen LogP contribution in [0.3, 0.4) is 0 Å². The van der Waals surface area contributed by atoms with Gasteiger partial charge in [-0.15, -0.1) is 0 Å². The van der Waals surface area contributed by atoms with Gasteiger partial charge in [-0.3, -0.25) is 9.59 Å². The number of ether oxygens (including phenoxy) is 1. The first-order chi connectivity index (χ1) is 15.1. The predicted molar refractivity (Wildman–Crippen MR) is 120 cm³/mol. The normalized spacial score (nSPS) is 25.5. The predicted octanol–water partition coefficient (Wildman–Crippen LogP) is 4.55. The Morgan fingerprint density at radius 3 is 2.45 bits per heavy atom. The number of nitrogens with one attached hydrogen (secondary N) is 1. The third kappa shape index (κ3) is 4.61. The van der Waals surface area contributed by atoms with Gasteiger partial charge in [0.05, 0.1) is 0 Å².